The molecule has 33 heavy (non-hydrogen) atoms. The van der Waals surface area contributed by atoms with Crippen LogP contribution >= 0.6 is 0 Å². The predicted octanol–water partition coefficient (Wildman–Crippen LogP) is 3.44. The zero-order valence-corrected chi connectivity index (χ0v) is 18.3. The average molecular weight is 454 g/mol. The molecule has 174 valence electrons. The minimum Gasteiger partial charge on any atom is -0.352 e. The summed E-state index contributed by atoms with van der Waals surface area (Å²) < 4.78 is 14.4. The van der Waals surface area contributed by atoms with E-state index in [1.54, 1.807) is 54.0 Å². The lowest BCUT2D eigenvalue weighted by molar-refractivity contribution is -0.129. The molecule has 1 aliphatic rings. The smallest absolute Gasteiger partial charge is 0.252 e. The second-order valence-corrected chi connectivity index (χ2v) is 8.01. The van der Waals surface area contributed by atoms with Crippen LogP contribution in [0.4, 0.5) is 4.39 Å². The van der Waals surface area contributed by atoms with Crippen molar-refractivity contribution in [1.29, 1.82) is 0 Å². The summed E-state index contributed by atoms with van der Waals surface area (Å²) in [5.74, 6) is -1.43. The molecule has 0 saturated heterocycles. The second kappa shape index (κ2) is 11.9. The van der Waals surface area contributed by atoms with Gasteiger partial charge in [0.2, 0.25) is 5.91 Å². The first-order chi connectivity index (χ1) is 16.0. The van der Waals surface area contributed by atoms with Gasteiger partial charge in [0.15, 0.2) is 0 Å². The molecule has 4 N–H and O–H groups in total. The van der Waals surface area contributed by atoms with E-state index in [0.717, 1.165) is 19.3 Å². The Bertz CT molecular complexity index is 1020. The first kappa shape index (κ1) is 24.1. The van der Waals surface area contributed by atoms with E-state index in [-0.39, 0.29) is 35.4 Å². The highest BCUT2D eigenvalue weighted by molar-refractivity contribution is 6.24. The van der Waals surface area contributed by atoms with Crippen LogP contribution in [0.15, 0.2) is 48.5 Å². The SMILES string of the molecule is O=C(CCCCCNC(=O)c1ccc(/C=C(\C(=O)NC2CC2)c2ccccc2F)cc1)NO. The van der Waals surface area contributed by atoms with Crippen molar-refractivity contribution >= 4 is 29.4 Å². The van der Waals surface area contributed by atoms with Gasteiger partial charge in [0.1, 0.15) is 5.82 Å². The first-order valence-corrected chi connectivity index (χ1v) is 11.1. The summed E-state index contributed by atoms with van der Waals surface area (Å²) in [5.41, 5.74) is 3.21. The minimum absolute atomic E-state index is 0.144. The fourth-order valence-corrected chi connectivity index (χ4v) is 3.28. The lowest BCUT2D eigenvalue weighted by Gasteiger charge is -2.10. The van der Waals surface area contributed by atoms with E-state index in [0.29, 0.717) is 30.5 Å². The van der Waals surface area contributed by atoms with Gasteiger partial charge in [-0.2, -0.15) is 0 Å². The van der Waals surface area contributed by atoms with E-state index >= 15 is 0 Å². The summed E-state index contributed by atoms with van der Waals surface area (Å²) in [7, 11) is 0. The Morgan fingerprint density at radius 3 is 2.39 bits per heavy atom. The van der Waals surface area contributed by atoms with Gasteiger partial charge in [-0.15, -0.1) is 0 Å². The van der Waals surface area contributed by atoms with Crippen molar-refractivity contribution in [1.82, 2.24) is 16.1 Å². The molecule has 1 saturated carbocycles. The van der Waals surface area contributed by atoms with E-state index in [9.17, 15) is 18.8 Å². The number of hydrogen-bond donors (Lipinski definition) is 4. The molecule has 0 heterocycles. The molecule has 8 heteroatoms. The van der Waals surface area contributed by atoms with Gasteiger partial charge in [-0.25, -0.2) is 9.87 Å². The molecule has 2 aromatic rings. The third kappa shape index (κ3) is 7.54. The van der Waals surface area contributed by atoms with Crippen LogP contribution in [0.1, 0.15) is 60.0 Å². The topological polar surface area (TPSA) is 108 Å². The number of halogens is 1. The number of carbonyl (C=O) groups excluding carboxylic acids is 3. The number of carbonyl (C=O) groups is 3. The molecule has 0 aliphatic heterocycles. The van der Waals surface area contributed by atoms with E-state index in [1.807, 2.05) is 0 Å². The number of nitrogens with one attached hydrogen (secondary N) is 3. The molecule has 0 atom stereocenters. The van der Waals surface area contributed by atoms with E-state index in [4.69, 9.17) is 5.21 Å². The lowest BCUT2D eigenvalue weighted by Crippen LogP contribution is -2.26. The maximum absolute atomic E-state index is 14.4. The molecule has 0 radical (unpaired) electrons. The van der Waals surface area contributed by atoms with Gasteiger partial charge in [-0.1, -0.05) is 36.8 Å². The second-order valence-electron chi connectivity index (χ2n) is 8.01. The standard InChI is InChI=1S/C25H28FN3O4/c26-22-7-4-3-6-20(22)21(25(32)28-19-13-14-19)16-17-9-11-18(12-10-17)24(31)27-15-5-1-2-8-23(30)29-33/h3-4,6-7,9-12,16,19,33H,1-2,5,8,13-15H2,(H,27,31)(H,28,32)(H,29,30)/b21-16-. The largest absolute Gasteiger partial charge is 0.352 e. The minimum atomic E-state index is -0.470. The van der Waals surface area contributed by atoms with E-state index in [1.165, 1.54) is 6.07 Å². The van der Waals surface area contributed by atoms with Gasteiger partial charge >= 0.3 is 0 Å². The molecule has 2 aromatic carbocycles. The first-order valence-electron chi connectivity index (χ1n) is 11.1. The Balaban J connectivity index is 1.60. The van der Waals surface area contributed by atoms with Crippen LogP contribution in [0.5, 0.6) is 0 Å². The summed E-state index contributed by atoms with van der Waals surface area (Å²) in [6.07, 6.45) is 5.82. The quantitative estimate of drug-likeness (QED) is 0.137. The van der Waals surface area contributed by atoms with Gasteiger partial charge in [0, 0.05) is 30.1 Å². The zero-order chi connectivity index (χ0) is 23.6. The molecule has 1 aliphatic carbocycles. The average Bonchev–Trinajstić information content (AvgIpc) is 3.64. The zero-order valence-electron chi connectivity index (χ0n) is 18.3. The Hall–Kier alpha value is -3.52. The number of unbranched alkanes of at least 4 members (excludes halogenated alkanes) is 2. The number of rotatable bonds is 11. The summed E-state index contributed by atoms with van der Waals surface area (Å²) in [4.78, 5) is 36.0. The van der Waals surface area contributed by atoms with Crippen LogP contribution in [0, 0.1) is 5.82 Å². The van der Waals surface area contributed by atoms with Crippen LogP contribution in [-0.2, 0) is 9.59 Å². The van der Waals surface area contributed by atoms with Crippen LogP contribution in [0.2, 0.25) is 0 Å². The summed E-state index contributed by atoms with van der Waals surface area (Å²) in [6.45, 7) is 0.472. The van der Waals surface area contributed by atoms with Gasteiger partial charge < -0.3 is 10.6 Å². The van der Waals surface area contributed by atoms with Crippen LogP contribution in [0.3, 0.4) is 0 Å². The highest BCUT2D eigenvalue weighted by Gasteiger charge is 2.26. The van der Waals surface area contributed by atoms with Crippen LogP contribution in [-0.4, -0.2) is 35.5 Å². The van der Waals surface area contributed by atoms with Crippen molar-refractivity contribution in [3.8, 4) is 0 Å². The molecule has 0 aromatic heterocycles. The third-order valence-electron chi connectivity index (χ3n) is 5.30. The molecule has 0 unspecified atom stereocenters. The predicted molar refractivity (Wildman–Crippen MR) is 123 cm³/mol. The van der Waals surface area contributed by atoms with Crippen molar-refractivity contribution in [2.75, 3.05) is 6.54 Å². The van der Waals surface area contributed by atoms with E-state index < -0.39 is 11.7 Å². The number of hydroxylamine groups is 1. The molecule has 3 rings (SSSR count). The van der Waals surface area contributed by atoms with Crippen LogP contribution < -0.4 is 16.1 Å². The molecule has 0 spiro atoms. The van der Waals surface area contributed by atoms with E-state index in [2.05, 4.69) is 10.6 Å². The van der Waals surface area contributed by atoms with Crippen molar-refractivity contribution in [2.24, 2.45) is 0 Å². The Labute approximate surface area is 192 Å². The Morgan fingerprint density at radius 1 is 1.00 bits per heavy atom. The molecular formula is C25H28FN3O4. The van der Waals surface area contributed by atoms with Crippen molar-refractivity contribution in [3.05, 3.63) is 71.0 Å². The van der Waals surface area contributed by atoms with Gasteiger partial charge in [0.25, 0.3) is 11.8 Å². The number of benzene rings is 2. The maximum Gasteiger partial charge on any atom is 0.252 e. The fraction of sp³-hybridized carbons (Fsp3) is 0.320. The summed E-state index contributed by atoms with van der Waals surface area (Å²) >= 11 is 0. The summed E-state index contributed by atoms with van der Waals surface area (Å²) in [6, 6.07) is 13.1. The molecular weight excluding hydrogens is 425 g/mol. The molecule has 3 amide bonds. The summed E-state index contributed by atoms with van der Waals surface area (Å²) in [5, 5.41) is 14.2. The highest BCUT2D eigenvalue weighted by Crippen LogP contribution is 2.25. The van der Waals surface area contributed by atoms with Gasteiger partial charge in [-0.05, 0) is 55.5 Å². The van der Waals surface area contributed by atoms with Crippen molar-refractivity contribution in [2.45, 2.75) is 44.6 Å². The maximum atomic E-state index is 14.4. The molecule has 7 nitrogen and oxygen atoms in total. The highest BCUT2D eigenvalue weighted by atomic mass is 19.1. The monoisotopic (exact) mass is 453 g/mol. The molecule has 1 fully saturated rings. The lowest BCUT2D eigenvalue weighted by atomic mass is 10.0. The number of amides is 3. The molecule has 0 bridgehead atoms. The fourth-order valence-electron chi connectivity index (χ4n) is 3.28. The van der Waals surface area contributed by atoms with Crippen molar-refractivity contribution in [3.63, 3.8) is 0 Å². The Kier molecular flexibility index (Phi) is 8.71. The van der Waals surface area contributed by atoms with Crippen molar-refractivity contribution < 1.29 is 24.0 Å². The Morgan fingerprint density at radius 2 is 1.73 bits per heavy atom. The normalized spacial score (nSPS) is 13.3. The van der Waals surface area contributed by atoms with Gasteiger partial charge in [0.05, 0.1) is 5.57 Å². The third-order valence-corrected chi connectivity index (χ3v) is 5.30. The van der Waals surface area contributed by atoms with Gasteiger partial charge in [-0.3, -0.25) is 19.6 Å². The number of hydrogen-bond acceptors (Lipinski definition) is 4. The van der Waals surface area contributed by atoms with Crippen LogP contribution in [0.25, 0.3) is 11.6 Å².